The van der Waals surface area contributed by atoms with Gasteiger partial charge in [0.05, 0.1) is 12.2 Å². The second kappa shape index (κ2) is 9.88. The van der Waals surface area contributed by atoms with Crippen molar-refractivity contribution in [2.75, 3.05) is 6.61 Å². The molecule has 1 fully saturated rings. The van der Waals surface area contributed by atoms with Gasteiger partial charge < -0.3 is 4.74 Å². The topological polar surface area (TPSA) is 26.3 Å². The fourth-order valence-electron chi connectivity index (χ4n) is 3.66. The van der Waals surface area contributed by atoms with Crippen molar-refractivity contribution in [2.24, 2.45) is 11.8 Å². The Morgan fingerprint density at radius 1 is 1.04 bits per heavy atom. The van der Waals surface area contributed by atoms with Crippen LogP contribution >= 0.6 is 0 Å². The number of hydrogen-bond acceptors (Lipinski definition) is 2. The lowest BCUT2D eigenvalue weighted by Gasteiger charge is -2.27. The molecule has 0 radical (unpaired) electrons. The molecule has 1 aromatic rings. The summed E-state index contributed by atoms with van der Waals surface area (Å²) in [7, 11) is 0. The minimum absolute atomic E-state index is 0.115. The first kappa shape index (κ1) is 19.9. The van der Waals surface area contributed by atoms with Crippen LogP contribution in [0.15, 0.2) is 12.1 Å². The molecule has 0 spiro atoms. The highest BCUT2D eigenvalue weighted by molar-refractivity contribution is 5.98. The number of unbranched alkanes of at least 4 members (excludes halogenated alkanes) is 2. The lowest BCUT2D eigenvalue weighted by atomic mass is 9.77. The molecule has 0 aromatic heterocycles. The third kappa shape index (κ3) is 5.26. The minimum Gasteiger partial charge on any atom is -0.490 e. The van der Waals surface area contributed by atoms with Crippen molar-refractivity contribution >= 4 is 5.78 Å². The van der Waals surface area contributed by atoms with Gasteiger partial charge in [-0.05, 0) is 50.2 Å². The van der Waals surface area contributed by atoms with Gasteiger partial charge in [-0.3, -0.25) is 4.79 Å². The summed E-state index contributed by atoms with van der Waals surface area (Å²) in [6, 6.07) is 2.75. The molecule has 1 saturated carbocycles. The average molecular weight is 352 g/mol. The van der Waals surface area contributed by atoms with Crippen LogP contribution in [0.4, 0.5) is 8.78 Å². The molecule has 0 bridgehead atoms. The standard InChI is InChI=1S/C21H30F2O2/c1-3-5-6-7-15-8-10-16(11-9-15)21(24)17-12-13-18(25-14-4-2)20(23)19(17)22/h12-13,15-16H,3-11,14H2,1-2H3. The molecular weight excluding hydrogens is 322 g/mol. The summed E-state index contributed by atoms with van der Waals surface area (Å²) in [4.78, 5) is 12.6. The lowest BCUT2D eigenvalue weighted by molar-refractivity contribution is 0.0864. The molecule has 0 N–H and O–H groups in total. The quantitative estimate of drug-likeness (QED) is 0.384. The number of halogens is 2. The van der Waals surface area contributed by atoms with Crippen LogP contribution < -0.4 is 4.74 Å². The van der Waals surface area contributed by atoms with Crippen LogP contribution in [0.2, 0.25) is 0 Å². The zero-order chi connectivity index (χ0) is 18.2. The molecule has 0 aliphatic heterocycles. The Morgan fingerprint density at radius 3 is 2.40 bits per heavy atom. The van der Waals surface area contributed by atoms with Crippen molar-refractivity contribution in [3.63, 3.8) is 0 Å². The normalized spacial score (nSPS) is 20.5. The van der Waals surface area contributed by atoms with Gasteiger partial charge in [-0.15, -0.1) is 0 Å². The van der Waals surface area contributed by atoms with E-state index < -0.39 is 11.6 Å². The molecule has 1 aliphatic carbocycles. The van der Waals surface area contributed by atoms with Gasteiger partial charge >= 0.3 is 0 Å². The van der Waals surface area contributed by atoms with Crippen LogP contribution in [-0.4, -0.2) is 12.4 Å². The molecule has 140 valence electrons. The SMILES string of the molecule is CCCCCC1CCC(C(=O)c2ccc(OCCC)c(F)c2F)CC1. The van der Waals surface area contributed by atoms with Gasteiger partial charge in [0.15, 0.2) is 17.3 Å². The summed E-state index contributed by atoms with van der Waals surface area (Å²) in [6.07, 6.45) is 9.26. The summed E-state index contributed by atoms with van der Waals surface area (Å²) >= 11 is 0. The van der Waals surface area contributed by atoms with Gasteiger partial charge in [-0.2, -0.15) is 4.39 Å². The van der Waals surface area contributed by atoms with E-state index in [0.29, 0.717) is 18.9 Å². The molecule has 25 heavy (non-hydrogen) atoms. The van der Waals surface area contributed by atoms with E-state index in [4.69, 9.17) is 4.74 Å². The van der Waals surface area contributed by atoms with Crippen molar-refractivity contribution in [1.29, 1.82) is 0 Å². The van der Waals surface area contributed by atoms with E-state index in [0.717, 1.165) is 25.7 Å². The van der Waals surface area contributed by atoms with Crippen molar-refractivity contribution in [1.82, 2.24) is 0 Å². The highest BCUT2D eigenvalue weighted by atomic mass is 19.2. The first-order valence-corrected chi connectivity index (χ1v) is 9.73. The van der Waals surface area contributed by atoms with Crippen molar-refractivity contribution < 1.29 is 18.3 Å². The smallest absolute Gasteiger partial charge is 0.201 e. The molecule has 0 atom stereocenters. The largest absolute Gasteiger partial charge is 0.490 e. The number of rotatable bonds is 9. The highest BCUT2D eigenvalue weighted by Gasteiger charge is 2.29. The van der Waals surface area contributed by atoms with E-state index >= 15 is 0 Å². The number of ketones is 1. The lowest BCUT2D eigenvalue weighted by Crippen LogP contribution is -2.23. The fraction of sp³-hybridized carbons (Fsp3) is 0.667. The zero-order valence-corrected chi connectivity index (χ0v) is 15.5. The summed E-state index contributed by atoms with van der Waals surface area (Å²) in [5.41, 5.74) is -0.129. The first-order valence-electron chi connectivity index (χ1n) is 9.73. The Kier molecular flexibility index (Phi) is 7.86. The van der Waals surface area contributed by atoms with Crippen molar-refractivity contribution in [3.8, 4) is 5.75 Å². The Hall–Kier alpha value is -1.45. The fourth-order valence-corrected chi connectivity index (χ4v) is 3.66. The molecule has 1 aliphatic rings. The second-order valence-electron chi connectivity index (χ2n) is 7.17. The summed E-state index contributed by atoms with van der Waals surface area (Å²) in [6.45, 7) is 4.41. The van der Waals surface area contributed by atoms with Gasteiger partial charge in [0.1, 0.15) is 0 Å². The van der Waals surface area contributed by atoms with Crippen LogP contribution in [0.25, 0.3) is 0 Å². The molecule has 4 heteroatoms. The van der Waals surface area contributed by atoms with Gasteiger partial charge in [-0.1, -0.05) is 39.5 Å². The summed E-state index contributed by atoms with van der Waals surface area (Å²) in [5.74, 6) is -1.99. The van der Waals surface area contributed by atoms with E-state index in [1.54, 1.807) is 0 Å². The van der Waals surface area contributed by atoms with Gasteiger partial charge in [0.25, 0.3) is 0 Å². The Labute approximate surface area is 150 Å². The van der Waals surface area contributed by atoms with Crippen molar-refractivity contribution in [2.45, 2.75) is 71.6 Å². The number of carbonyl (C=O) groups excluding carboxylic acids is 1. The van der Waals surface area contributed by atoms with E-state index in [1.807, 2.05) is 6.92 Å². The predicted molar refractivity (Wildman–Crippen MR) is 96.1 cm³/mol. The average Bonchev–Trinajstić information content (AvgIpc) is 2.63. The van der Waals surface area contributed by atoms with Crippen LogP contribution in [0.1, 0.15) is 82.0 Å². The maximum Gasteiger partial charge on any atom is 0.201 e. The van der Waals surface area contributed by atoms with Crippen molar-refractivity contribution in [3.05, 3.63) is 29.3 Å². The third-order valence-corrected chi connectivity index (χ3v) is 5.21. The molecular formula is C21H30F2O2. The maximum atomic E-state index is 14.3. The zero-order valence-electron chi connectivity index (χ0n) is 15.5. The Balaban J connectivity index is 1.96. The van der Waals surface area contributed by atoms with Crippen LogP contribution in [-0.2, 0) is 0 Å². The molecule has 0 unspecified atom stereocenters. The van der Waals surface area contributed by atoms with Gasteiger partial charge in [0.2, 0.25) is 5.82 Å². The van der Waals surface area contributed by atoms with E-state index in [2.05, 4.69) is 6.92 Å². The minimum atomic E-state index is -1.07. The first-order chi connectivity index (χ1) is 12.1. The van der Waals surface area contributed by atoms with Crippen LogP contribution in [0, 0.1) is 23.5 Å². The van der Waals surface area contributed by atoms with Crippen LogP contribution in [0.5, 0.6) is 5.75 Å². The number of Topliss-reactive ketones (excluding diaryl/α,β-unsaturated/α-hetero) is 1. The monoisotopic (exact) mass is 352 g/mol. The molecule has 0 saturated heterocycles. The summed E-state index contributed by atoms with van der Waals surface area (Å²) in [5, 5.41) is 0. The Morgan fingerprint density at radius 2 is 1.76 bits per heavy atom. The second-order valence-corrected chi connectivity index (χ2v) is 7.17. The highest BCUT2D eigenvalue weighted by Crippen LogP contribution is 2.35. The van der Waals surface area contributed by atoms with Crippen LogP contribution in [0.3, 0.4) is 0 Å². The number of benzene rings is 1. The predicted octanol–water partition coefficient (Wildman–Crippen LogP) is 6.32. The molecule has 0 heterocycles. The molecule has 2 rings (SSSR count). The number of hydrogen-bond donors (Lipinski definition) is 0. The van der Waals surface area contributed by atoms with Gasteiger partial charge in [-0.25, -0.2) is 4.39 Å². The molecule has 0 amide bonds. The molecule has 1 aromatic carbocycles. The maximum absolute atomic E-state index is 14.3. The summed E-state index contributed by atoms with van der Waals surface area (Å²) < 4.78 is 33.6. The number of ether oxygens (including phenoxy) is 1. The van der Waals surface area contributed by atoms with E-state index in [9.17, 15) is 13.6 Å². The third-order valence-electron chi connectivity index (χ3n) is 5.21. The van der Waals surface area contributed by atoms with E-state index in [-0.39, 0.29) is 23.0 Å². The van der Waals surface area contributed by atoms with Gasteiger partial charge in [0, 0.05) is 5.92 Å². The molecule has 2 nitrogen and oxygen atoms in total. The van der Waals surface area contributed by atoms with E-state index in [1.165, 1.54) is 37.8 Å². The Bertz CT molecular complexity index is 563. The number of carbonyl (C=O) groups is 1.